The Morgan fingerprint density at radius 3 is 2.68 bits per heavy atom. The van der Waals surface area contributed by atoms with Gasteiger partial charge >= 0.3 is 0 Å². The highest BCUT2D eigenvalue weighted by atomic mass is 14.9. The average Bonchev–Trinajstić information content (AvgIpc) is 2.37. The Morgan fingerprint density at radius 2 is 2.00 bits per heavy atom. The number of nitrogen functional groups attached to an aromatic ring is 1. The van der Waals surface area contributed by atoms with Crippen LogP contribution in [0.4, 0.5) is 11.4 Å². The molecule has 0 radical (unpaired) electrons. The van der Waals surface area contributed by atoms with Crippen LogP contribution in [-0.2, 0) is 0 Å². The number of hydrogen-bond acceptors (Lipinski definition) is 3. The van der Waals surface area contributed by atoms with E-state index in [1.165, 1.54) is 0 Å². The van der Waals surface area contributed by atoms with Crippen LogP contribution in [-0.4, -0.2) is 11.5 Å². The van der Waals surface area contributed by atoms with Gasteiger partial charge in [0.15, 0.2) is 0 Å². The Balaban J connectivity index is 2.25. The third-order valence-electron chi connectivity index (χ3n) is 3.88. The number of aromatic nitrogens is 1. The summed E-state index contributed by atoms with van der Waals surface area (Å²) in [4.78, 5) is 4.44. The van der Waals surface area contributed by atoms with Gasteiger partial charge in [-0.05, 0) is 35.6 Å². The fourth-order valence-corrected chi connectivity index (χ4v) is 1.91. The van der Waals surface area contributed by atoms with Crippen LogP contribution in [0.5, 0.6) is 0 Å². The molecule has 0 fully saturated rings. The summed E-state index contributed by atoms with van der Waals surface area (Å²) in [6.07, 6.45) is 1.81. The highest BCUT2D eigenvalue weighted by Crippen LogP contribution is 2.29. The Bertz CT molecular complexity index is 570. The lowest BCUT2D eigenvalue weighted by Gasteiger charge is -2.27. The molecule has 1 heterocycles. The van der Waals surface area contributed by atoms with Crippen molar-refractivity contribution in [2.75, 3.05) is 17.6 Å². The Hall–Kier alpha value is -1.77. The van der Waals surface area contributed by atoms with Crippen molar-refractivity contribution in [3.05, 3.63) is 30.5 Å². The van der Waals surface area contributed by atoms with Crippen LogP contribution in [0.25, 0.3) is 10.9 Å². The van der Waals surface area contributed by atoms with E-state index in [0.29, 0.717) is 11.3 Å². The van der Waals surface area contributed by atoms with Crippen molar-refractivity contribution < 1.29 is 0 Å². The SMILES string of the molecule is CC(CNc1ccc(N)c2cccnc12)C(C)(C)C. The molecule has 1 aromatic carbocycles. The van der Waals surface area contributed by atoms with Gasteiger partial charge in [0.2, 0.25) is 0 Å². The summed E-state index contributed by atoms with van der Waals surface area (Å²) >= 11 is 0. The summed E-state index contributed by atoms with van der Waals surface area (Å²) in [5, 5.41) is 4.51. The molecule has 0 spiro atoms. The summed E-state index contributed by atoms with van der Waals surface area (Å²) in [6, 6.07) is 7.88. The number of fused-ring (bicyclic) bond motifs is 1. The maximum absolute atomic E-state index is 5.98. The van der Waals surface area contributed by atoms with E-state index in [1.807, 2.05) is 24.3 Å². The second kappa shape index (κ2) is 5.08. The molecule has 0 aliphatic rings. The molecule has 0 amide bonds. The van der Waals surface area contributed by atoms with Crippen molar-refractivity contribution in [2.24, 2.45) is 11.3 Å². The van der Waals surface area contributed by atoms with Crippen molar-refractivity contribution in [3.8, 4) is 0 Å². The fraction of sp³-hybridized carbons (Fsp3) is 0.438. The molecule has 0 bridgehead atoms. The smallest absolute Gasteiger partial charge is 0.0953 e. The van der Waals surface area contributed by atoms with Crippen LogP contribution >= 0.6 is 0 Å². The molecule has 3 heteroatoms. The topological polar surface area (TPSA) is 50.9 Å². The second-order valence-electron chi connectivity index (χ2n) is 6.25. The number of benzene rings is 1. The fourth-order valence-electron chi connectivity index (χ4n) is 1.91. The number of nitrogens with zero attached hydrogens (tertiary/aromatic N) is 1. The monoisotopic (exact) mass is 257 g/mol. The summed E-state index contributed by atoms with van der Waals surface area (Å²) in [5.41, 5.74) is 9.06. The Morgan fingerprint density at radius 1 is 1.26 bits per heavy atom. The van der Waals surface area contributed by atoms with Crippen LogP contribution in [0.2, 0.25) is 0 Å². The molecule has 3 nitrogen and oxygen atoms in total. The average molecular weight is 257 g/mol. The van der Waals surface area contributed by atoms with Gasteiger partial charge in [-0.2, -0.15) is 0 Å². The van der Waals surface area contributed by atoms with Crippen molar-refractivity contribution in [3.63, 3.8) is 0 Å². The molecule has 2 aromatic rings. The molecule has 0 aliphatic heterocycles. The molecule has 0 saturated heterocycles. The van der Waals surface area contributed by atoms with Gasteiger partial charge in [0, 0.05) is 23.8 Å². The van der Waals surface area contributed by atoms with Gasteiger partial charge < -0.3 is 11.1 Å². The zero-order valence-corrected chi connectivity index (χ0v) is 12.2. The maximum Gasteiger partial charge on any atom is 0.0953 e. The third kappa shape index (κ3) is 2.98. The lowest BCUT2D eigenvalue weighted by atomic mass is 9.82. The summed E-state index contributed by atoms with van der Waals surface area (Å²) in [6.45, 7) is 9.98. The first-order valence-electron chi connectivity index (χ1n) is 6.76. The van der Waals surface area contributed by atoms with Gasteiger partial charge in [0.25, 0.3) is 0 Å². The zero-order valence-electron chi connectivity index (χ0n) is 12.2. The van der Waals surface area contributed by atoms with E-state index in [9.17, 15) is 0 Å². The molecule has 19 heavy (non-hydrogen) atoms. The van der Waals surface area contributed by atoms with Crippen molar-refractivity contribution in [1.29, 1.82) is 0 Å². The van der Waals surface area contributed by atoms with Crippen LogP contribution in [0.15, 0.2) is 30.5 Å². The minimum absolute atomic E-state index is 0.296. The predicted molar refractivity (Wildman–Crippen MR) is 83.3 cm³/mol. The standard InChI is InChI=1S/C16H23N3/c1-11(16(2,3)4)10-19-14-8-7-13(17)12-6-5-9-18-15(12)14/h5-9,11,19H,10,17H2,1-4H3. The van der Waals surface area contributed by atoms with E-state index in [0.717, 1.165) is 28.8 Å². The first-order valence-corrected chi connectivity index (χ1v) is 6.76. The lowest BCUT2D eigenvalue weighted by molar-refractivity contribution is 0.274. The molecule has 1 atom stereocenters. The minimum Gasteiger partial charge on any atom is -0.398 e. The molecule has 0 aliphatic carbocycles. The zero-order chi connectivity index (χ0) is 14.0. The first kappa shape index (κ1) is 13.7. The van der Waals surface area contributed by atoms with Crippen LogP contribution < -0.4 is 11.1 Å². The first-order chi connectivity index (χ1) is 8.89. The Labute approximate surface area is 115 Å². The lowest BCUT2D eigenvalue weighted by Crippen LogP contribution is -2.24. The molecule has 1 aromatic heterocycles. The number of nitrogens with two attached hydrogens (primary N) is 1. The molecule has 0 saturated carbocycles. The summed E-state index contributed by atoms with van der Waals surface area (Å²) in [5.74, 6) is 0.573. The van der Waals surface area contributed by atoms with Gasteiger partial charge in [0.1, 0.15) is 0 Å². The number of anilines is 2. The molecule has 3 N–H and O–H groups in total. The molecule has 2 rings (SSSR count). The summed E-state index contributed by atoms with van der Waals surface area (Å²) in [7, 11) is 0. The maximum atomic E-state index is 5.98. The Kier molecular flexibility index (Phi) is 3.65. The number of rotatable bonds is 3. The third-order valence-corrected chi connectivity index (χ3v) is 3.88. The van der Waals surface area contributed by atoms with E-state index in [-0.39, 0.29) is 0 Å². The van der Waals surface area contributed by atoms with Crippen LogP contribution in [0.3, 0.4) is 0 Å². The van der Waals surface area contributed by atoms with Gasteiger partial charge in [0.05, 0.1) is 11.2 Å². The normalized spacial score (nSPS) is 13.5. The van der Waals surface area contributed by atoms with Gasteiger partial charge in [-0.15, -0.1) is 0 Å². The second-order valence-corrected chi connectivity index (χ2v) is 6.25. The van der Waals surface area contributed by atoms with E-state index in [2.05, 4.69) is 38.0 Å². The van der Waals surface area contributed by atoms with E-state index in [1.54, 1.807) is 6.20 Å². The number of hydrogen-bond donors (Lipinski definition) is 2. The molecular formula is C16H23N3. The highest BCUT2D eigenvalue weighted by molar-refractivity contribution is 5.98. The minimum atomic E-state index is 0.296. The van der Waals surface area contributed by atoms with E-state index < -0.39 is 0 Å². The van der Waals surface area contributed by atoms with Crippen LogP contribution in [0.1, 0.15) is 27.7 Å². The summed E-state index contributed by atoms with van der Waals surface area (Å²) < 4.78 is 0. The molecule has 102 valence electrons. The molecular weight excluding hydrogens is 234 g/mol. The number of nitrogens with one attached hydrogen (secondary N) is 1. The van der Waals surface area contributed by atoms with Crippen molar-refractivity contribution in [1.82, 2.24) is 4.98 Å². The van der Waals surface area contributed by atoms with Crippen molar-refractivity contribution >= 4 is 22.3 Å². The van der Waals surface area contributed by atoms with Crippen molar-refractivity contribution in [2.45, 2.75) is 27.7 Å². The van der Waals surface area contributed by atoms with Gasteiger partial charge in [-0.3, -0.25) is 4.98 Å². The predicted octanol–water partition coefficient (Wildman–Crippen LogP) is 3.91. The van der Waals surface area contributed by atoms with Crippen LogP contribution in [0, 0.1) is 11.3 Å². The van der Waals surface area contributed by atoms with Gasteiger partial charge in [-0.25, -0.2) is 0 Å². The van der Waals surface area contributed by atoms with E-state index >= 15 is 0 Å². The molecule has 1 unspecified atom stereocenters. The number of pyridine rings is 1. The largest absolute Gasteiger partial charge is 0.398 e. The highest BCUT2D eigenvalue weighted by Gasteiger charge is 2.19. The van der Waals surface area contributed by atoms with E-state index in [4.69, 9.17) is 5.73 Å². The quantitative estimate of drug-likeness (QED) is 0.820. The van der Waals surface area contributed by atoms with Gasteiger partial charge in [-0.1, -0.05) is 27.7 Å².